The van der Waals surface area contributed by atoms with Crippen LogP contribution in [-0.2, 0) is 0 Å². The number of benzene rings is 22. The third kappa shape index (κ3) is 13.8. The molecule has 0 spiro atoms. The van der Waals surface area contributed by atoms with Crippen LogP contribution < -0.4 is 0 Å². The Labute approximate surface area is 803 Å². The number of fused-ring (bicyclic) bond motifs is 24. The average molecular weight is 1790 g/mol. The number of hydrogen-bond acceptors (Lipinski definition) is 8. The second kappa shape index (κ2) is 33.6. The average Bonchev–Trinajstić information content (AvgIpc) is 1.46. The Morgan fingerprint density at radius 3 is 1.05 bits per heavy atom. The van der Waals surface area contributed by atoms with Crippen LogP contribution in [0.5, 0.6) is 0 Å². The summed E-state index contributed by atoms with van der Waals surface area (Å²) in [7, 11) is 0. The van der Waals surface area contributed by atoms with Crippen LogP contribution in [0.3, 0.4) is 0 Å². The molecule has 0 aliphatic carbocycles. The molecule has 29 aromatic rings. The molecule has 7 aromatic heterocycles. The van der Waals surface area contributed by atoms with Crippen molar-refractivity contribution in [1.82, 2.24) is 48.6 Å². The van der Waals surface area contributed by atoms with Gasteiger partial charge in [-0.3, -0.25) is 9.13 Å². The van der Waals surface area contributed by atoms with Crippen LogP contribution in [0.4, 0.5) is 0 Å². The maximum absolute atomic E-state index is 6.96. The van der Waals surface area contributed by atoms with Crippen molar-refractivity contribution in [3.8, 4) is 108 Å². The fraction of sp³-hybridized carbons (Fsp3) is 0. The van der Waals surface area contributed by atoms with Gasteiger partial charge in [0, 0.05) is 87.2 Å². The van der Waals surface area contributed by atoms with E-state index in [1.54, 1.807) is 0 Å². The van der Waals surface area contributed by atoms with Crippen molar-refractivity contribution in [2.75, 3.05) is 0 Å². The first kappa shape index (κ1) is 80.7. The molecule has 0 N–H and O–H groups in total. The minimum absolute atomic E-state index is 0.572. The van der Waals surface area contributed by atoms with Crippen molar-refractivity contribution in [2.24, 2.45) is 0 Å². The van der Waals surface area contributed by atoms with Crippen molar-refractivity contribution in [2.45, 2.75) is 0 Å². The van der Waals surface area contributed by atoms with Crippen molar-refractivity contribution >= 4 is 163 Å². The summed E-state index contributed by atoms with van der Waals surface area (Å²) in [5.74, 6) is 3.15. The maximum atomic E-state index is 6.96. The molecule has 0 unspecified atom stereocenters. The fourth-order valence-electron chi connectivity index (χ4n) is 21.1. The van der Waals surface area contributed by atoms with Gasteiger partial charge in [0.05, 0.1) is 61.1 Å². The minimum Gasteiger partial charge on any atom is -0.455 e. The summed E-state index contributed by atoms with van der Waals surface area (Å²) >= 11 is 0. The molecule has 22 aromatic carbocycles. The highest BCUT2D eigenvalue weighted by molar-refractivity contribution is 6.27. The van der Waals surface area contributed by atoms with Gasteiger partial charge in [-0.05, 0) is 167 Å². The topological polar surface area (TPSA) is 118 Å². The van der Waals surface area contributed by atoms with E-state index in [4.69, 9.17) is 39.3 Å². The maximum Gasteiger partial charge on any atom is 0.235 e. The van der Waals surface area contributed by atoms with Crippen LogP contribution in [0.25, 0.3) is 271 Å². The molecule has 0 amide bonds. The van der Waals surface area contributed by atoms with Crippen molar-refractivity contribution in [3.63, 3.8) is 0 Å². The zero-order valence-corrected chi connectivity index (χ0v) is 75.6. The molecule has 0 aliphatic heterocycles. The first-order valence-electron chi connectivity index (χ1n) is 47.3. The minimum atomic E-state index is 0.572. The Balaban J connectivity index is 0.000000106. The molecule has 0 aliphatic rings. The molecule has 11 heteroatoms. The van der Waals surface area contributed by atoms with Crippen LogP contribution in [0.15, 0.2) is 490 Å². The van der Waals surface area contributed by atoms with E-state index < -0.39 is 0 Å². The van der Waals surface area contributed by atoms with E-state index in [0.717, 1.165) is 132 Å². The van der Waals surface area contributed by atoms with Crippen molar-refractivity contribution in [3.05, 3.63) is 485 Å². The molecule has 0 radical (unpaired) electrons. The number of nitrogens with zero attached hydrogens (tertiary/aromatic N) is 10. The standard InChI is InChI=1S/C47H28N4O.C44H27N3.C38H25N3/c1-3-12-30(13-4-1)45-48-46(31-14-5-2-6-15-31)50-47(49-45)39-19-11-18-37-38-26-24-29-22-23-32-28-33(25-27-34(32)42(29)44(38)52-43(37)39)51-40-20-9-7-16-35(40)36-17-8-10-21-41(36)51;1-2-12-28(13-3-1)43-37-19-8-10-20-40(37)45-44(46-43)47-41-21-11-9-18-36(41)39-27-30(23-25-42(39)47)29-22-24-35-33-16-5-4-14-31(33)32-15-6-7-17-34(32)38(35)26-29;1-3-11-26(12-4-1)28-19-21-29(22-20-28)37-33-16-7-9-17-34(33)39-38(40-37)41-35-18-10-8-15-31(35)32-24-23-30(25-36(32)41)27-13-5-2-6-14-27/h1-28H;1-27H;1-25H. The fourth-order valence-corrected chi connectivity index (χ4v) is 21.1. The molecule has 29 rings (SSSR count). The summed E-state index contributed by atoms with van der Waals surface area (Å²) < 4.78 is 13.8. The summed E-state index contributed by atoms with van der Waals surface area (Å²) in [4.78, 5) is 35.7. The molecule has 7 heterocycles. The zero-order valence-electron chi connectivity index (χ0n) is 75.6. The molecule has 0 saturated carbocycles. The number of aromatic nitrogens is 10. The summed E-state index contributed by atoms with van der Waals surface area (Å²) in [6.45, 7) is 0. The van der Waals surface area contributed by atoms with Crippen LogP contribution in [0.2, 0.25) is 0 Å². The quantitative estimate of drug-likeness (QED) is 0.118. The smallest absolute Gasteiger partial charge is 0.235 e. The first-order chi connectivity index (χ1) is 69.4. The number of hydrogen-bond donors (Lipinski definition) is 0. The SMILES string of the molecule is c1ccc(-c2ccc(-c3nc(-n4c5ccccc5c5ccc(-c6ccccc6)cc54)nc4ccccc34)cc2)cc1.c1ccc(-c2nc(-c3ccccc3)nc(-c3cccc4c3oc3c4ccc4ccc5cc(-n6c7ccccc7c7ccccc76)ccc5c43)n2)cc1.c1ccc(-c2nc(-n3c4ccccc4c4cc(-c5ccc6c7ccccc7c7ccccc7c6c5)ccc43)nc3ccccc23)cc1. The summed E-state index contributed by atoms with van der Waals surface area (Å²) in [6.07, 6.45) is 0. The van der Waals surface area contributed by atoms with Gasteiger partial charge in [0.2, 0.25) is 11.9 Å². The Bertz CT molecular complexity index is 9870. The summed E-state index contributed by atoms with van der Waals surface area (Å²) in [6, 6.07) is 171. The van der Waals surface area contributed by atoms with Gasteiger partial charge in [0.25, 0.3) is 0 Å². The van der Waals surface area contributed by atoms with Gasteiger partial charge in [0.15, 0.2) is 17.5 Å². The highest BCUT2D eigenvalue weighted by atomic mass is 16.3. The molecular formula is C129H80N10O. The van der Waals surface area contributed by atoms with Gasteiger partial charge < -0.3 is 8.98 Å². The number of para-hydroxylation sites is 7. The van der Waals surface area contributed by atoms with Crippen LogP contribution in [-0.4, -0.2) is 48.6 Å². The van der Waals surface area contributed by atoms with Gasteiger partial charge in [-0.1, -0.05) is 400 Å². The third-order valence-corrected chi connectivity index (χ3v) is 27.7. The van der Waals surface area contributed by atoms with Crippen molar-refractivity contribution in [1.29, 1.82) is 0 Å². The van der Waals surface area contributed by atoms with Crippen LogP contribution >= 0.6 is 0 Å². The lowest BCUT2D eigenvalue weighted by Crippen LogP contribution is -2.03. The summed E-state index contributed by atoms with van der Waals surface area (Å²) in [5, 5.41) is 23.6. The van der Waals surface area contributed by atoms with Gasteiger partial charge in [-0.25, -0.2) is 34.9 Å². The molecule has 0 bridgehead atoms. The van der Waals surface area contributed by atoms with E-state index in [1.165, 1.54) is 109 Å². The zero-order chi connectivity index (χ0) is 92.2. The van der Waals surface area contributed by atoms with E-state index in [2.05, 4.69) is 408 Å². The number of rotatable bonds is 11. The lowest BCUT2D eigenvalue weighted by atomic mass is 9.92. The predicted octanol–water partition coefficient (Wildman–Crippen LogP) is 33.4. The van der Waals surface area contributed by atoms with Gasteiger partial charge in [0.1, 0.15) is 11.2 Å². The molecule has 0 saturated heterocycles. The van der Waals surface area contributed by atoms with E-state index in [0.29, 0.717) is 29.4 Å². The van der Waals surface area contributed by atoms with Crippen molar-refractivity contribution < 1.29 is 4.42 Å². The predicted molar refractivity (Wildman–Crippen MR) is 580 cm³/mol. The lowest BCUT2D eigenvalue weighted by molar-refractivity contribution is 0.673. The summed E-state index contributed by atoms with van der Waals surface area (Å²) in [5.41, 5.74) is 25.1. The monoisotopic (exact) mass is 1780 g/mol. The van der Waals surface area contributed by atoms with Gasteiger partial charge in [-0.2, -0.15) is 0 Å². The Kier molecular flexibility index (Phi) is 19.3. The largest absolute Gasteiger partial charge is 0.455 e. The number of furan rings is 1. The Morgan fingerprint density at radius 2 is 0.500 bits per heavy atom. The molecule has 11 nitrogen and oxygen atoms in total. The normalized spacial score (nSPS) is 11.7. The van der Waals surface area contributed by atoms with E-state index in [9.17, 15) is 0 Å². The molecule has 140 heavy (non-hydrogen) atoms. The van der Waals surface area contributed by atoms with E-state index in [-0.39, 0.29) is 0 Å². The first-order valence-corrected chi connectivity index (χ1v) is 47.3. The van der Waals surface area contributed by atoms with Crippen LogP contribution in [0, 0.1) is 0 Å². The Hall–Kier alpha value is -19.0. The van der Waals surface area contributed by atoms with E-state index >= 15 is 0 Å². The Morgan fingerprint density at radius 1 is 0.164 bits per heavy atom. The third-order valence-electron chi connectivity index (χ3n) is 27.7. The highest BCUT2D eigenvalue weighted by Gasteiger charge is 2.26. The second-order valence-corrected chi connectivity index (χ2v) is 35.7. The lowest BCUT2D eigenvalue weighted by Gasteiger charge is -2.13. The highest BCUT2D eigenvalue weighted by Crippen LogP contribution is 2.46. The van der Waals surface area contributed by atoms with Gasteiger partial charge in [-0.15, -0.1) is 0 Å². The van der Waals surface area contributed by atoms with Crippen LogP contribution in [0.1, 0.15) is 0 Å². The van der Waals surface area contributed by atoms with Gasteiger partial charge >= 0.3 is 0 Å². The molecule has 0 atom stereocenters. The molecule has 652 valence electrons. The second-order valence-electron chi connectivity index (χ2n) is 35.7. The van der Waals surface area contributed by atoms with E-state index in [1.807, 2.05) is 91.0 Å². The molecular weight excluding hydrogens is 1710 g/mol. The molecule has 0 fully saturated rings.